The topological polar surface area (TPSA) is 80.9 Å². The fraction of sp³-hybridized carbons (Fsp3) is 0.167. The molecule has 1 atom stereocenters. The average Bonchev–Trinajstić information content (AvgIpc) is 2.88. The molecule has 2 aromatic heterocycles. The average molecular weight is 240 g/mol. The molecule has 6 nitrogen and oxygen atoms in total. The SMILES string of the molecule is O=C(O)c1nn(-c2cnccn2)c2c1C=C1C[C@@H]12. The van der Waals surface area contributed by atoms with Crippen molar-refractivity contribution in [1.82, 2.24) is 19.7 Å². The largest absolute Gasteiger partial charge is 0.476 e. The van der Waals surface area contributed by atoms with Crippen molar-refractivity contribution >= 4 is 12.0 Å². The predicted molar refractivity (Wildman–Crippen MR) is 61.4 cm³/mol. The van der Waals surface area contributed by atoms with Crippen LogP contribution in [0.1, 0.15) is 34.1 Å². The van der Waals surface area contributed by atoms with Gasteiger partial charge in [-0.3, -0.25) is 4.98 Å². The Balaban J connectivity index is 1.97. The van der Waals surface area contributed by atoms with Gasteiger partial charge in [-0.2, -0.15) is 5.10 Å². The minimum atomic E-state index is -1.01. The summed E-state index contributed by atoms with van der Waals surface area (Å²) in [6.07, 6.45) is 7.66. The van der Waals surface area contributed by atoms with Crippen molar-refractivity contribution in [3.05, 3.63) is 41.1 Å². The van der Waals surface area contributed by atoms with Gasteiger partial charge in [-0.15, -0.1) is 0 Å². The van der Waals surface area contributed by atoms with Crippen LogP contribution in [0.5, 0.6) is 0 Å². The molecular formula is C12H8N4O2. The molecule has 6 heteroatoms. The van der Waals surface area contributed by atoms with Crippen molar-refractivity contribution in [2.24, 2.45) is 0 Å². The van der Waals surface area contributed by atoms with Gasteiger partial charge in [-0.05, 0) is 6.42 Å². The van der Waals surface area contributed by atoms with Crippen LogP contribution in [0.2, 0.25) is 0 Å². The lowest BCUT2D eigenvalue weighted by Gasteiger charge is -2.03. The normalized spacial score (nSPS) is 19.1. The Kier molecular flexibility index (Phi) is 1.61. The van der Waals surface area contributed by atoms with Gasteiger partial charge < -0.3 is 5.11 Å². The van der Waals surface area contributed by atoms with E-state index in [1.165, 1.54) is 5.57 Å². The molecule has 0 spiro atoms. The van der Waals surface area contributed by atoms with E-state index >= 15 is 0 Å². The molecule has 0 amide bonds. The van der Waals surface area contributed by atoms with Crippen molar-refractivity contribution in [3.8, 4) is 5.82 Å². The first-order valence-electron chi connectivity index (χ1n) is 5.59. The second-order valence-electron chi connectivity index (χ2n) is 4.40. The Hall–Kier alpha value is -2.50. The molecule has 1 saturated carbocycles. The summed E-state index contributed by atoms with van der Waals surface area (Å²) in [5, 5.41) is 13.3. The van der Waals surface area contributed by atoms with Gasteiger partial charge >= 0.3 is 5.97 Å². The number of aromatic carboxylic acids is 1. The maximum absolute atomic E-state index is 11.2. The summed E-state index contributed by atoms with van der Waals surface area (Å²) in [4.78, 5) is 19.4. The predicted octanol–water partition coefficient (Wildman–Crippen LogP) is 1.24. The lowest BCUT2D eigenvalue weighted by atomic mass is 10.1. The molecule has 18 heavy (non-hydrogen) atoms. The first kappa shape index (κ1) is 9.52. The van der Waals surface area contributed by atoms with Gasteiger partial charge in [0.2, 0.25) is 0 Å². The van der Waals surface area contributed by atoms with E-state index in [1.807, 2.05) is 6.08 Å². The Bertz CT molecular complexity index is 702. The number of hydrogen-bond donors (Lipinski definition) is 1. The summed E-state index contributed by atoms with van der Waals surface area (Å²) in [5.74, 6) is -0.127. The number of carboxylic acid groups (broad SMARTS) is 1. The number of rotatable bonds is 2. The molecular weight excluding hydrogens is 232 g/mol. The minimum absolute atomic E-state index is 0.0929. The van der Waals surface area contributed by atoms with Gasteiger partial charge in [0.05, 0.1) is 11.9 Å². The van der Waals surface area contributed by atoms with Gasteiger partial charge in [0.1, 0.15) is 0 Å². The number of allylic oxidation sites excluding steroid dienone is 1. The van der Waals surface area contributed by atoms with Crippen LogP contribution in [-0.2, 0) is 0 Å². The highest BCUT2D eigenvalue weighted by Crippen LogP contribution is 2.55. The van der Waals surface area contributed by atoms with Crippen molar-refractivity contribution in [1.29, 1.82) is 0 Å². The van der Waals surface area contributed by atoms with E-state index in [0.29, 0.717) is 11.7 Å². The third kappa shape index (κ3) is 1.11. The lowest BCUT2D eigenvalue weighted by Crippen LogP contribution is -2.05. The summed E-state index contributed by atoms with van der Waals surface area (Å²) in [5.41, 5.74) is 3.03. The minimum Gasteiger partial charge on any atom is -0.476 e. The van der Waals surface area contributed by atoms with Crippen molar-refractivity contribution < 1.29 is 9.90 Å². The number of nitrogens with zero attached hydrogens (tertiary/aromatic N) is 4. The van der Waals surface area contributed by atoms with Crippen molar-refractivity contribution in [2.45, 2.75) is 12.3 Å². The molecule has 1 fully saturated rings. The monoisotopic (exact) mass is 240 g/mol. The van der Waals surface area contributed by atoms with E-state index in [4.69, 9.17) is 5.11 Å². The zero-order valence-corrected chi connectivity index (χ0v) is 9.24. The van der Waals surface area contributed by atoms with Crippen molar-refractivity contribution in [3.63, 3.8) is 0 Å². The van der Waals surface area contributed by atoms with Crippen molar-refractivity contribution in [2.75, 3.05) is 0 Å². The molecule has 88 valence electrons. The zero-order chi connectivity index (χ0) is 12.3. The molecule has 2 aliphatic carbocycles. The lowest BCUT2D eigenvalue weighted by molar-refractivity contribution is 0.0689. The highest BCUT2D eigenvalue weighted by molar-refractivity contribution is 5.93. The molecule has 0 aromatic carbocycles. The van der Waals surface area contributed by atoms with Gasteiger partial charge in [-0.1, -0.05) is 11.6 Å². The maximum atomic E-state index is 11.2. The smallest absolute Gasteiger partial charge is 0.357 e. The van der Waals surface area contributed by atoms with Crippen LogP contribution in [0, 0.1) is 0 Å². The molecule has 0 aliphatic heterocycles. The van der Waals surface area contributed by atoms with Crippen LogP contribution in [0.3, 0.4) is 0 Å². The molecule has 2 heterocycles. The number of fused-ring (bicyclic) bond motifs is 3. The Morgan fingerprint density at radius 3 is 3.06 bits per heavy atom. The first-order chi connectivity index (χ1) is 8.75. The summed E-state index contributed by atoms with van der Waals surface area (Å²) in [6, 6.07) is 0. The standard InChI is InChI=1S/C12H8N4O2/c17-12(18)10-8-4-6-3-7(6)11(8)16(15-10)9-5-13-1-2-14-9/h1-2,4-5,7H,3H2,(H,17,18)/t7-/m0/s1. The summed E-state index contributed by atoms with van der Waals surface area (Å²) in [7, 11) is 0. The Morgan fingerprint density at radius 2 is 2.33 bits per heavy atom. The summed E-state index contributed by atoms with van der Waals surface area (Å²) >= 11 is 0. The molecule has 0 unspecified atom stereocenters. The number of aromatic nitrogens is 4. The molecule has 0 saturated heterocycles. The van der Waals surface area contributed by atoms with E-state index in [1.54, 1.807) is 23.3 Å². The molecule has 0 bridgehead atoms. The van der Waals surface area contributed by atoms with Crippen LogP contribution in [0.4, 0.5) is 0 Å². The highest BCUT2D eigenvalue weighted by atomic mass is 16.4. The van der Waals surface area contributed by atoms with E-state index in [9.17, 15) is 4.79 Å². The molecule has 2 aliphatic rings. The van der Waals surface area contributed by atoms with Crippen LogP contribution in [0.15, 0.2) is 24.2 Å². The first-order valence-corrected chi connectivity index (χ1v) is 5.59. The third-order valence-electron chi connectivity index (χ3n) is 3.32. The van der Waals surface area contributed by atoms with Gasteiger partial charge in [0, 0.05) is 23.9 Å². The van der Waals surface area contributed by atoms with Crippen LogP contribution < -0.4 is 0 Å². The summed E-state index contributed by atoms with van der Waals surface area (Å²) in [6.45, 7) is 0. The molecule has 4 rings (SSSR count). The fourth-order valence-electron chi connectivity index (χ4n) is 2.45. The third-order valence-corrected chi connectivity index (χ3v) is 3.32. The van der Waals surface area contributed by atoms with E-state index in [-0.39, 0.29) is 5.69 Å². The quantitative estimate of drug-likeness (QED) is 0.854. The van der Waals surface area contributed by atoms with E-state index in [0.717, 1.165) is 17.7 Å². The van der Waals surface area contributed by atoms with Gasteiger partial charge in [-0.25, -0.2) is 14.5 Å². The Morgan fingerprint density at radius 1 is 1.44 bits per heavy atom. The van der Waals surface area contributed by atoms with Crippen LogP contribution in [-0.4, -0.2) is 30.8 Å². The van der Waals surface area contributed by atoms with Gasteiger partial charge in [0.25, 0.3) is 0 Å². The highest BCUT2D eigenvalue weighted by Gasteiger charge is 2.43. The molecule has 2 aromatic rings. The fourth-order valence-corrected chi connectivity index (χ4v) is 2.45. The molecule has 0 radical (unpaired) electrons. The van der Waals surface area contributed by atoms with Crippen LogP contribution in [0.25, 0.3) is 11.9 Å². The molecule has 1 N–H and O–H groups in total. The number of carbonyl (C=O) groups is 1. The summed E-state index contributed by atoms with van der Waals surface area (Å²) < 4.78 is 1.60. The van der Waals surface area contributed by atoms with Gasteiger partial charge in [0.15, 0.2) is 11.5 Å². The second kappa shape index (κ2) is 3.04. The second-order valence-corrected chi connectivity index (χ2v) is 4.40. The van der Waals surface area contributed by atoms with E-state index < -0.39 is 5.97 Å². The van der Waals surface area contributed by atoms with E-state index in [2.05, 4.69) is 15.1 Å². The van der Waals surface area contributed by atoms with Crippen LogP contribution >= 0.6 is 0 Å². The Labute approximate surface area is 102 Å². The maximum Gasteiger partial charge on any atom is 0.357 e. The zero-order valence-electron chi connectivity index (χ0n) is 9.24. The number of carboxylic acids is 1. The number of hydrogen-bond acceptors (Lipinski definition) is 4.